The number of aryl methyl sites for hydroxylation is 1. The first-order valence-corrected chi connectivity index (χ1v) is 6.77. The molecule has 0 bridgehead atoms. The molecule has 1 aromatic heterocycles. The molecule has 0 radical (unpaired) electrons. The quantitative estimate of drug-likeness (QED) is 0.880. The van der Waals surface area contributed by atoms with E-state index in [9.17, 15) is 4.79 Å². The van der Waals surface area contributed by atoms with E-state index in [-0.39, 0.29) is 5.56 Å². The van der Waals surface area contributed by atoms with Crippen LogP contribution in [0.3, 0.4) is 0 Å². The third-order valence-electron chi connectivity index (χ3n) is 3.48. The van der Waals surface area contributed by atoms with E-state index in [4.69, 9.17) is 0 Å². The number of halogens is 1. The van der Waals surface area contributed by atoms with Gasteiger partial charge >= 0.3 is 0 Å². The van der Waals surface area contributed by atoms with Gasteiger partial charge in [0.05, 0.1) is 5.69 Å². The molecular formula is C14H13BrN2O. The van der Waals surface area contributed by atoms with Crippen LogP contribution in [0.5, 0.6) is 0 Å². The molecular weight excluding hydrogens is 292 g/mol. The summed E-state index contributed by atoms with van der Waals surface area (Å²) in [5.74, 6) is 1.10. The lowest BCUT2D eigenvalue weighted by molar-refractivity contribution is 0.671. The topological polar surface area (TPSA) is 45.8 Å². The van der Waals surface area contributed by atoms with Crippen LogP contribution in [0.4, 0.5) is 0 Å². The van der Waals surface area contributed by atoms with Crippen LogP contribution in [0.1, 0.15) is 28.6 Å². The molecule has 0 fully saturated rings. The highest BCUT2D eigenvalue weighted by Crippen LogP contribution is 2.32. The van der Waals surface area contributed by atoms with Crippen molar-refractivity contribution in [1.29, 1.82) is 0 Å². The van der Waals surface area contributed by atoms with Crippen molar-refractivity contribution in [3.8, 4) is 0 Å². The van der Waals surface area contributed by atoms with Gasteiger partial charge in [-0.05, 0) is 46.8 Å². The standard InChI is InChI=1S/C14H13BrN2O/c1-8-12(15)14(18)17-13(16-8)11-6-9-4-2-3-5-10(9)7-11/h2-5,11H,6-7H2,1H3,(H,16,17,18). The molecule has 0 aliphatic heterocycles. The van der Waals surface area contributed by atoms with Crippen molar-refractivity contribution in [1.82, 2.24) is 9.97 Å². The summed E-state index contributed by atoms with van der Waals surface area (Å²) in [5, 5.41) is 0. The number of hydrogen-bond donors (Lipinski definition) is 1. The number of nitrogens with zero attached hydrogens (tertiary/aromatic N) is 1. The first-order chi connectivity index (χ1) is 8.65. The normalized spacial score (nSPS) is 14.8. The highest BCUT2D eigenvalue weighted by atomic mass is 79.9. The van der Waals surface area contributed by atoms with Gasteiger partial charge in [0.1, 0.15) is 10.3 Å². The molecule has 4 heteroatoms. The van der Waals surface area contributed by atoms with Crippen LogP contribution in [-0.2, 0) is 12.8 Å². The summed E-state index contributed by atoms with van der Waals surface area (Å²) in [5.41, 5.74) is 3.40. The summed E-state index contributed by atoms with van der Waals surface area (Å²) in [6, 6.07) is 8.42. The van der Waals surface area contributed by atoms with Crippen molar-refractivity contribution in [3.05, 3.63) is 61.7 Å². The highest BCUT2D eigenvalue weighted by molar-refractivity contribution is 9.10. The molecule has 1 aliphatic rings. The largest absolute Gasteiger partial charge is 0.309 e. The number of H-pyrrole nitrogens is 1. The first kappa shape index (κ1) is 11.7. The van der Waals surface area contributed by atoms with Gasteiger partial charge < -0.3 is 4.98 Å². The van der Waals surface area contributed by atoms with Crippen LogP contribution < -0.4 is 5.56 Å². The minimum atomic E-state index is -0.0894. The van der Waals surface area contributed by atoms with Gasteiger partial charge in [-0.2, -0.15) is 0 Å². The molecule has 3 rings (SSSR count). The Balaban J connectivity index is 1.98. The van der Waals surface area contributed by atoms with Gasteiger partial charge in [0, 0.05) is 5.92 Å². The number of nitrogens with one attached hydrogen (secondary N) is 1. The summed E-state index contributed by atoms with van der Waals surface area (Å²) >= 11 is 3.24. The van der Waals surface area contributed by atoms with Crippen LogP contribution >= 0.6 is 15.9 Å². The Kier molecular flexibility index (Phi) is 2.82. The third-order valence-corrected chi connectivity index (χ3v) is 4.42. The van der Waals surface area contributed by atoms with Gasteiger partial charge in [-0.3, -0.25) is 4.79 Å². The lowest BCUT2D eigenvalue weighted by Gasteiger charge is -2.09. The van der Waals surface area contributed by atoms with E-state index in [0.717, 1.165) is 24.4 Å². The zero-order chi connectivity index (χ0) is 12.7. The predicted molar refractivity (Wildman–Crippen MR) is 73.9 cm³/mol. The highest BCUT2D eigenvalue weighted by Gasteiger charge is 2.24. The Labute approximate surface area is 113 Å². The summed E-state index contributed by atoms with van der Waals surface area (Å²) < 4.78 is 0.529. The Morgan fingerprint density at radius 3 is 2.44 bits per heavy atom. The fourth-order valence-corrected chi connectivity index (χ4v) is 2.73. The van der Waals surface area contributed by atoms with E-state index >= 15 is 0 Å². The molecule has 3 nitrogen and oxygen atoms in total. The van der Waals surface area contributed by atoms with Gasteiger partial charge in [-0.15, -0.1) is 0 Å². The lowest BCUT2D eigenvalue weighted by atomic mass is 10.1. The predicted octanol–water partition coefficient (Wildman–Crippen LogP) is 2.72. The Hall–Kier alpha value is -1.42. The van der Waals surface area contributed by atoms with Crippen molar-refractivity contribution in [2.45, 2.75) is 25.7 Å². The molecule has 1 aliphatic carbocycles. The summed E-state index contributed by atoms with van der Waals surface area (Å²) in [6.07, 6.45) is 1.92. The van der Waals surface area contributed by atoms with Gasteiger partial charge in [0.25, 0.3) is 5.56 Å². The number of rotatable bonds is 1. The maximum Gasteiger partial charge on any atom is 0.265 e. The van der Waals surface area contributed by atoms with Crippen molar-refractivity contribution in [2.24, 2.45) is 0 Å². The number of benzene rings is 1. The van der Waals surface area contributed by atoms with Crippen LogP contribution in [-0.4, -0.2) is 9.97 Å². The van der Waals surface area contributed by atoms with E-state index < -0.39 is 0 Å². The minimum absolute atomic E-state index is 0.0894. The molecule has 18 heavy (non-hydrogen) atoms. The number of aromatic nitrogens is 2. The Morgan fingerprint density at radius 1 is 1.28 bits per heavy atom. The number of hydrogen-bond acceptors (Lipinski definition) is 2. The van der Waals surface area contributed by atoms with E-state index in [1.807, 2.05) is 6.92 Å². The lowest BCUT2D eigenvalue weighted by Crippen LogP contribution is -2.17. The fraction of sp³-hybridized carbons (Fsp3) is 0.286. The fourth-order valence-electron chi connectivity index (χ4n) is 2.54. The SMILES string of the molecule is Cc1nc(C2Cc3ccccc3C2)[nH]c(=O)c1Br. The van der Waals surface area contributed by atoms with Crippen LogP contribution in [0, 0.1) is 6.92 Å². The van der Waals surface area contributed by atoms with Crippen molar-refractivity contribution >= 4 is 15.9 Å². The van der Waals surface area contributed by atoms with E-state index in [2.05, 4.69) is 50.2 Å². The zero-order valence-electron chi connectivity index (χ0n) is 10.0. The Bertz CT molecular complexity index is 638. The van der Waals surface area contributed by atoms with Gasteiger partial charge in [0.15, 0.2) is 0 Å². The zero-order valence-corrected chi connectivity index (χ0v) is 11.6. The third kappa shape index (κ3) is 1.90. The molecule has 92 valence electrons. The summed E-state index contributed by atoms with van der Waals surface area (Å²) in [4.78, 5) is 19.1. The first-order valence-electron chi connectivity index (χ1n) is 5.98. The van der Waals surface area contributed by atoms with Gasteiger partial charge in [-0.1, -0.05) is 24.3 Å². The molecule has 2 aromatic rings. The van der Waals surface area contributed by atoms with Crippen LogP contribution in [0.2, 0.25) is 0 Å². The number of fused-ring (bicyclic) bond motifs is 1. The second-order valence-corrected chi connectivity index (χ2v) is 5.52. The molecule has 0 saturated carbocycles. The molecule has 0 atom stereocenters. The molecule has 0 spiro atoms. The molecule has 1 aromatic carbocycles. The van der Waals surface area contributed by atoms with E-state index in [1.165, 1.54) is 11.1 Å². The maximum absolute atomic E-state index is 11.7. The van der Waals surface area contributed by atoms with E-state index in [1.54, 1.807) is 0 Å². The molecule has 0 unspecified atom stereocenters. The summed E-state index contributed by atoms with van der Waals surface area (Å²) in [7, 11) is 0. The van der Waals surface area contributed by atoms with Crippen LogP contribution in [0.25, 0.3) is 0 Å². The molecule has 0 amide bonds. The van der Waals surface area contributed by atoms with Gasteiger partial charge in [0.2, 0.25) is 0 Å². The van der Waals surface area contributed by atoms with Crippen LogP contribution in [0.15, 0.2) is 33.5 Å². The van der Waals surface area contributed by atoms with Gasteiger partial charge in [-0.25, -0.2) is 4.98 Å². The van der Waals surface area contributed by atoms with E-state index in [0.29, 0.717) is 10.4 Å². The average molecular weight is 305 g/mol. The van der Waals surface area contributed by atoms with Crippen molar-refractivity contribution in [3.63, 3.8) is 0 Å². The minimum Gasteiger partial charge on any atom is -0.309 e. The maximum atomic E-state index is 11.7. The van der Waals surface area contributed by atoms with Crippen molar-refractivity contribution < 1.29 is 0 Å². The smallest absolute Gasteiger partial charge is 0.265 e. The second-order valence-electron chi connectivity index (χ2n) is 4.72. The molecule has 1 heterocycles. The van der Waals surface area contributed by atoms with Crippen molar-refractivity contribution in [2.75, 3.05) is 0 Å². The molecule has 0 saturated heterocycles. The summed E-state index contributed by atoms with van der Waals surface area (Å²) in [6.45, 7) is 1.85. The number of aromatic amines is 1. The molecule has 1 N–H and O–H groups in total. The average Bonchev–Trinajstić information content (AvgIpc) is 2.79. The second kappa shape index (κ2) is 4.35. The Morgan fingerprint density at radius 2 is 1.89 bits per heavy atom. The monoisotopic (exact) mass is 304 g/mol.